The van der Waals surface area contributed by atoms with Crippen LogP contribution in [0.2, 0.25) is 0 Å². The first-order valence-corrected chi connectivity index (χ1v) is 7.69. The molecule has 6 heteroatoms. The molecule has 1 unspecified atom stereocenters. The molecule has 1 fully saturated rings. The summed E-state index contributed by atoms with van der Waals surface area (Å²) in [6, 6.07) is 5.86. The molecule has 1 aliphatic rings. The minimum Gasteiger partial charge on any atom is -0.356 e. The molecule has 2 rings (SSSR count). The first-order valence-electron chi connectivity index (χ1n) is 7.69. The van der Waals surface area contributed by atoms with Gasteiger partial charge >= 0.3 is 0 Å². The van der Waals surface area contributed by atoms with Gasteiger partial charge in [0.15, 0.2) is 0 Å². The van der Waals surface area contributed by atoms with Gasteiger partial charge in [-0.15, -0.1) is 0 Å². The molecule has 0 saturated carbocycles. The topological polar surface area (TPSA) is 70.2 Å². The van der Waals surface area contributed by atoms with Crippen LogP contribution in [-0.4, -0.2) is 37.5 Å². The van der Waals surface area contributed by atoms with Crippen molar-refractivity contribution in [2.24, 2.45) is 0 Å². The molecule has 120 valence electrons. The van der Waals surface area contributed by atoms with Crippen molar-refractivity contribution in [3.8, 4) is 0 Å². The van der Waals surface area contributed by atoms with Crippen LogP contribution in [-0.2, 0) is 4.79 Å². The van der Waals surface area contributed by atoms with Crippen LogP contribution in [0, 0.1) is 5.82 Å². The van der Waals surface area contributed by atoms with Gasteiger partial charge in [-0.25, -0.2) is 4.39 Å². The first-order chi connectivity index (χ1) is 10.6. The van der Waals surface area contributed by atoms with Crippen LogP contribution < -0.4 is 16.0 Å². The lowest BCUT2D eigenvalue weighted by molar-refractivity contribution is -0.121. The van der Waals surface area contributed by atoms with E-state index in [4.69, 9.17) is 0 Å². The van der Waals surface area contributed by atoms with Crippen LogP contribution >= 0.6 is 0 Å². The van der Waals surface area contributed by atoms with E-state index in [0.29, 0.717) is 37.5 Å². The number of nitrogens with one attached hydrogen (secondary N) is 3. The summed E-state index contributed by atoms with van der Waals surface area (Å²) in [7, 11) is 0. The predicted octanol–water partition coefficient (Wildman–Crippen LogP) is 1.20. The summed E-state index contributed by atoms with van der Waals surface area (Å²) in [6.07, 6.45) is 3.34. The summed E-state index contributed by atoms with van der Waals surface area (Å²) < 4.78 is 13.0. The third-order valence-corrected chi connectivity index (χ3v) is 3.64. The molecule has 5 nitrogen and oxygen atoms in total. The number of hydrogen-bond acceptors (Lipinski definition) is 3. The molecule has 0 bridgehead atoms. The maximum Gasteiger partial charge on any atom is 0.251 e. The fraction of sp³-hybridized carbons (Fsp3) is 0.500. The molecular weight excluding hydrogens is 285 g/mol. The summed E-state index contributed by atoms with van der Waals surface area (Å²) in [6.45, 7) is 1.95. The molecule has 22 heavy (non-hydrogen) atoms. The lowest BCUT2D eigenvalue weighted by Gasteiger charge is -2.10. The average molecular weight is 307 g/mol. The molecule has 0 aromatic heterocycles. The highest BCUT2D eigenvalue weighted by Gasteiger charge is 2.17. The lowest BCUT2D eigenvalue weighted by atomic mass is 10.1. The van der Waals surface area contributed by atoms with Crippen LogP contribution in [0.15, 0.2) is 24.3 Å². The Kier molecular flexibility index (Phi) is 6.33. The van der Waals surface area contributed by atoms with Gasteiger partial charge in [-0.1, -0.05) is 6.07 Å². The molecule has 0 aliphatic carbocycles. The van der Waals surface area contributed by atoms with Gasteiger partial charge in [0.1, 0.15) is 5.82 Å². The minimum absolute atomic E-state index is 0.0378. The van der Waals surface area contributed by atoms with Gasteiger partial charge in [0, 0.05) is 31.1 Å². The second-order valence-electron chi connectivity index (χ2n) is 5.47. The van der Waals surface area contributed by atoms with E-state index < -0.39 is 5.82 Å². The van der Waals surface area contributed by atoms with Crippen molar-refractivity contribution in [3.63, 3.8) is 0 Å². The largest absolute Gasteiger partial charge is 0.356 e. The fourth-order valence-corrected chi connectivity index (χ4v) is 2.48. The molecule has 1 saturated heterocycles. The van der Waals surface area contributed by atoms with Crippen LogP contribution in [0.4, 0.5) is 4.39 Å². The van der Waals surface area contributed by atoms with Crippen LogP contribution in [0.1, 0.15) is 36.0 Å². The number of carbonyl (C=O) groups excluding carboxylic acids is 2. The SMILES string of the molecule is O=C(CC1CCCN1)NCCCNC(=O)c1cccc(F)c1. The molecule has 0 radical (unpaired) electrons. The summed E-state index contributed by atoms with van der Waals surface area (Å²) >= 11 is 0. The second kappa shape index (κ2) is 8.48. The van der Waals surface area contributed by atoms with Gasteiger partial charge in [-0.05, 0) is 44.0 Å². The Balaban J connectivity index is 1.57. The zero-order chi connectivity index (χ0) is 15.8. The number of benzene rings is 1. The van der Waals surface area contributed by atoms with E-state index in [1.807, 2.05) is 0 Å². The van der Waals surface area contributed by atoms with Gasteiger partial charge in [0.2, 0.25) is 5.91 Å². The third-order valence-electron chi connectivity index (χ3n) is 3.64. The second-order valence-corrected chi connectivity index (χ2v) is 5.47. The van der Waals surface area contributed by atoms with Crippen molar-refractivity contribution in [1.82, 2.24) is 16.0 Å². The predicted molar refractivity (Wildman–Crippen MR) is 82.0 cm³/mol. The van der Waals surface area contributed by atoms with E-state index in [0.717, 1.165) is 19.4 Å². The minimum atomic E-state index is -0.430. The molecule has 1 aliphatic heterocycles. The van der Waals surface area contributed by atoms with Crippen molar-refractivity contribution in [3.05, 3.63) is 35.6 Å². The van der Waals surface area contributed by atoms with E-state index in [9.17, 15) is 14.0 Å². The lowest BCUT2D eigenvalue weighted by Crippen LogP contribution is -2.33. The number of halogens is 1. The van der Waals surface area contributed by atoms with E-state index in [1.54, 1.807) is 6.07 Å². The van der Waals surface area contributed by atoms with Crippen molar-refractivity contribution in [1.29, 1.82) is 0 Å². The zero-order valence-corrected chi connectivity index (χ0v) is 12.5. The molecule has 2 amide bonds. The van der Waals surface area contributed by atoms with E-state index >= 15 is 0 Å². The fourth-order valence-electron chi connectivity index (χ4n) is 2.48. The molecule has 1 aromatic carbocycles. The summed E-state index contributed by atoms with van der Waals surface area (Å²) in [4.78, 5) is 23.4. The third kappa shape index (κ3) is 5.44. The maximum atomic E-state index is 13.0. The number of carbonyl (C=O) groups is 2. The van der Waals surface area contributed by atoms with Crippen LogP contribution in [0.3, 0.4) is 0 Å². The highest BCUT2D eigenvalue weighted by Crippen LogP contribution is 2.08. The van der Waals surface area contributed by atoms with Gasteiger partial charge in [-0.3, -0.25) is 9.59 Å². The molecule has 1 atom stereocenters. The number of hydrogen-bond donors (Lipinski definition) is 3. The van der Waals surface area contributed by atoms with Gasteiger partial charge in [0.25, 0.3) is 5.91 Å². The Hall–Kier alpha value is -1.95. The van der Waals surface area contributed by atoms with Crippen molar-refractivity contribution in [2.75, 3.05) is 19.6 Å². The molecule has 0 spiro atoms. The number of rotatable bonds is 7. The van der Waals surface area contributed by atoms with Crippen molar-refractivity contribution < 1.29 is 14.0 Å². The zero-order valence-electron chi connectivity index (χ0n) is 12.5. The summed E-state index contributed by atoms with van der Waals surface area (Å²) in [5.41, 5.74) is 0.302. The Morgan fingerprint density at radius 2 is 2.09 bits per heavy atom. The first kappa shape index (κ1) is 16.4. The highest BCUT2D eigenvalue weighted by atomic mass is 19.1. The van der Waals surface area contributed by atoms with E-state index in [-0.39, 0.29) is 11.8 Å². The Bertz CT molecular complexity index is 516. The average Bonchev–Trinajstić information content (AvgIpc) is 2.99. The molecular formula is C16H22FN3O2. The Morgan fingerprint density at radius 1 is 1.27 bits per heavy atom. The maximum absolute atomic E-state index is 13.0. The van der Waals surface area contributed by atoms with E-state index in [1.165, 1.54) is 18.2 Å². The van der Waals surface area contributed by atoms with Crippen molar-refractivity contribution >= 4 is 11.8 Å². The van der Waals surface area contributed by atoms with Crippen LogP contribution in [0.5, 0.6) is 0 Å². The van der Waals surface area contributed by atoms with Crippen molar-refractivity contribution in [2.45, 2.75) is 31.7 Å². The Labute approximate surface area is 129 Å². The highest BCUT2D eigenvalue weighted by molar-refractivity contribution is 5.94. The standard InChI is InChI=1S/C16H22FN3O2/c17-13-5-1-4-12(10-13)16(22)20-9-3-8-19-15(21)11-14-6-2-7-18-14/h1,4-5,10,14,18H,2-3,6-9,11H2,(H,19,21)(H,20,22). The molecule has 1 aromatic rings. The van der Waals surface area contributed by atoms with Gasteiger partial charge < -0.3 is 16.0 Å². The quantitative estimate of drug-likeness (QED) is 0.663. The summed E-state index contributed by atoms with van der Waals surface area (Å²) in [5.74, 6) is -0.697. The van der Waals surface area contributed by atoms with Gasteiger partial charge in [-0.2, -0.15) is 0 Å². The molecule has 3 N–H and O–H groups in total. The normalized spacial score (nSPS) is 17.2. The van der Waals surface area contributed by atoms with Crippen LogP contribution in [0.25, 0.3) is 0 Å². The monoisotopic (exact) mass is 307 g/mol. The molecule has 1 heterocycles. The summed E-state index contributed by atoms with van der Waals surface area (Å²) in [5, 5.41) is 8.82. The van der Waals surface area contributed by atoms with Gasteiger partial charge in [0.05, 0.1) is 0 Å². The number of amides is 2. The van der Waals surface area contributed by atoms with E-state index in [2.05, 4.69) is 16.0 Å². The Morgan fingerprint density at radius 3 is 2.82 bits per heavy atom. The smallest absolute Gasteiger partial charge is 0.251 e.